The molecule has 1 atom stereocenters. The van der Waals surface area contributed by atoms with Crippen LogP contribution in [0.1, 0.15) is 25.3 Å². The van der Waals surface area contributed by atoms with Crippen molar-refractivity contribution in [3.05, 3.63) is 20.6 Å². The largest absolute Gasteiger partial charge is 0.506 e. The summed E-state index contributed by atoms with van der Waals surface area (Å²) in [6.45, 7) is 2.78. The Bertz CT molecular complexity index is 500. The fourth-order valence-corrected chi connectivity index (χ4v) is 2.63. The van der Waals surface area contributed by atoms with Gasteiger partial charge in [-0.25, -0.2) is 0 Å². The molecule has 1 aromatic carbocycles. The molecule has 0 aromatic heterocycles. The zero-order valence-electron chi connectivity index (χ0n) is 9.67. The van der Waals surface area contributed by atoms with Gasteiger partial charge in [0.1, 0.15) is 15.8 Å². The minimum absolute atomic E-state index is 0.00444. The van der Waals surface area contributed by atoms with Crippen molar-refractivity contribution in [2.75, 3.05) is 6.54 Å². The summed E-state index contributed by atoms with van der Waals surface area (Å²) in [5.41, 5.74) is 0.944. The Labute approximate surface area is 120 Å². The van der Waals surface area contributed by atoms with Gasteiger partial charge in [-0.3, -0.25) is 4.99 Å². The Morgan fingerprint density at radius 2 is 1.67 bits per heavy atom. The number of phenols is 2. The van der Waals surface area contributed by atoms with E-state index < -0.39 is 0 Å². The first kappa shape index (κ1) is 13.8. The standard InChI is InChI=1S/C12H12Cl3NO2/c1-5-2-3-6(16-4-5)7-8(13)12(18)10(15)9(14)11(7)17/h5,17-18H,2-4H2,1H3. The molecule has 1 aliphatic rings. The summed E-state index contributed by atoms with van der Waals surface area (Å²) < 4.78 is 0. The van der Waals surface area contributed by atoms with Crippen molar-refractivity contribution < 1.29 is 10.2 Å². The molecule has 0 aliphatic carbocycles. The molecule has 18 heavy (non-hydrogen) atoms. The fourth-order valence-electron chi connectivity index (χ4n) is 1.92. The number of benzene rings is 1. The number of aliphatic imine (C=N–C) groups is 1. The molecular formula is C12H12Cl3NO2. The Morgan fingerprint density at radius 1 is 1.06 bits per heavy atom. The maximum absolute atomic E-state index is 10.0. The van der Waals surface area contributed by atoms with Gasteiger partial charge in [-0.1, -0.05) is 41.7 Å². The van der Waals surface area contributed by atoms with Crippen LogP contribution in [0.4, 0.5) is 0 Å². The summed E-state index contributed by atoms with van der Waals surface area (Å²) in [6.07, 6.45) is 1.64. The van der Waals surface area contributed by atoms with Crippen molar-refractivity contribution in [1.29, 1.82) is 0 Å². The highest BCUT2D eigenvalue weighted by atomic mass is 35.5. The number of phenolic OH excluding ortho intramolecular Hbond substituents is 2. The van der Waals surface area contributed by atoms with Crippen LogP contribution in [0.15, 0.2) is 4.99 Å². The van der Waals surface area contributed by atoms with Gasteiger partial charge in [-0.15, -0.1) is 0 Å². The van der Waals surface area contributed by atoms with E-state index in [1.165, 1.54) is 0 Å². The number of aromatic hydroxyl groups is 2. The first-order valence-electron chi connectivity index (χ1n) is 5.55. The minimum Gasteiger partial charge on any atom is -0.506 e. The van der Waals surface area contributed by atoms with E-state index in [1.807, 2.05) is 0 Å². The Morgan fingerprint density at radius 3 is 2.22 bits per heavy atom. The smallest absolute Gasteiger partial charge is 0.155 e. The van der Waals surface area contributed by atoms with E-state index in [0.29, 0.717) is 24.6 Å². The topological polar surface area (TPSA) is 52.8 Å². The van der Waals surface area contributed by atoms with Crippen molar-refractivity contribution in [3.63, 3.8) is 0 Å². The second-order valence-corrected chi connectivity index (χ2v) is 5.58. The third kappa shape index (κ3) is 2.27. The number of rotatable bonds is 1. The van der Waals surface area contributed by atoms with Crippen LogP contribution in [0.2, 0.25) is 15.1 Å². The summed E-state index contributed by atoms with van der Waals surface area (Å²) in [4.78, 5) is 4.37. The van der Waals surface area contributed by atoms with Gasteiger partial charge in [0.05, 0.1) is 10.6 Å². The monoisotopic (exact) mass is 307 g/mol. The molecule has 1 heterocycles. The van der Waals surface area contributed by atoms with Gasteiger partial charge in [-0.05, 0) is 18.8 Å². The summed E-state index contributed by atoms with van der Waals surface area (Å²) in [5.74, 6) is -0.0405. The quantitative estimate of drug-likeness (QED) is 0.601. The van der Waals surface area contributed by atoms with E-state index in [4.69, 9.17) is 34.8 Å². The number of hydrogen-bond donors (Lipinski definition) is 2. The minimum atomic E-state index is -0.322. The first-order chi connectivity index (χ1) is 8.43. The van der Waals surface area contributed by atoms with Gasteiger partial charge in [0.25, 0.3) is 0 Å². The SMILES string of the molecule is CC1CCC(c2c(O)c(Cl)c(Cl)c(O)c2Cl)=NC1. The van der Waals surface area contributed by atoms with Crippen LogP contribution in [0.3, 0.4) is 0 Å². The lowest BCUT2D eigenvalue weighted by atomic mass is 9.95. The van der Waals surface area contributed by atoms with Crippen molar-refractivity contribution in [3.8, 4) is 11.5 Å². The molecule has 0 fully saturated rings. The maximum Gasteiger partial charge on any atom is 0.155 e. The lowest BCUT2D eigenvalue weighted by Gasteiger charge is -2.20. The summed E-state index contributed by atoms with van der Waals surface area (Å²) in [7, 11) is 0. The third-order valence-corrected chi connectivity index (χ3v) is 4.23. The molecule has 6 heteroatoms. The maximum atomic E-state index is 10.0. The zero-order valence-corrected chi connectivity index (χ0v) is 11.9. The molecule has 2 rings (SSSR count). The normalized spacial score (nSPS) is 19.8. The summed E-state index contributed by atoms with van der Waals surface area (Å²) in [6, 6.07) is 0. The van der Waals surface area contributed by atoms with Crippen LogP contribution in [0.25, 0.3) is 0 Å². The fraction of sp³-hybridized carbons (Fsp3) is 0.417. The van der Waals surface area contributed by atoms with E-state index >= 15 is 0 Å². The molecule has 0 radical (unpaired) electrons. The van der Waals surface area contributed by atoms with E-state index in [1.54, 1.807) is 0 Å². The van der Waals surface area contributed by atoms with Gasteiger partial charge in [-0.2, -0.15) is 0 Å². The van der Waals surface area contributed by atoms with Crippen LogP contribution >= 0.6 is 34.8 Å². The second-order valence-electron chi connectivity index (χ2n) is 4.45. The van der Waals surface area contributed by atoms with Crippen LogP contribution in [-0.2, 0) is 0 Å². The molecule has 0 spiro atoms. The third-order valence-electron chi connectivity index (χ3n) is 3.03. The average Bonchev–Trinajstić information content (AvgIpc) is 2.36. The predicted molar refractivity (Wildman–Crippen MR) is 74.6 cm³/mol. The highest BCUT2D eigenvalue weighted by Gasteiger charge is 2.25. The Balaban J connectivity index is 2.58. The van der Waals surface area contributed by atoms with Gasteiger partial charge >= 0.3 is 0 Å². The molecule has 3 nitrogen and oxygen atoms in total. The molecule has 1 aromatic rings. The van der Waals surface area contributed by atoms with Crippen molar-refractivity contribution in [2.45, 2.75) is 19.8 Å². The molecule has 0 amide bonds. The second kappa shape index (κ2) is 5.16. The molecule has 0 bridgehead atoms. The molecule has 98 valence electrons. The van der Waals surface area contributed by atoms with Gasteiger partial charge in [0.15, 0.2) is 5.75 Å². The highest BCUT2D eigenvalue weighted by Crippen LogP contribution is 2.47. The average molecular weight is 309 g/mol. The molecule has 1 unspecified atom stereocenters. The van der Waals surface area contributed by atoms with Gasteiger partial charge in [0.2, 0.25) is 0 Å². The zero-order chi connectivity index (χ0) is 13.4. The van der Waals surface area contributed by atoms with E-state index in [9.17, 15) is 10.2 Å². The van der Waals surface area contributed by atoms with Crippen LogP contribution in [-0.4, -0.2) is 22.5 Å². The first-order valence-corrected chi connectivity index (χ1v) is 6.69. The van der Waals surface area contributed by atoms with E-state index in [-0.39, 0.29) is 32.1 Å². The van der Waals surface area contributed by atoms with Crippen molar-refractivity contribution >= 4 is 40.5 Å². The van der Waals surface area contributed by atoms with Crippen LogP contribution in [0, 0.1) is 5.92 Å². The van der Waals surface area contributed by atoms with Crippen molar-refractivity contribution in [1.82, 2.24) is 0 Å². The van der Waals surface area contributed by atoms with E-state index in [2.05, 4.69) is 11.9 Å². The molecular weight excluding hydrogens is 296 g/mol. The Kier molecular flexibility index (Phi) is 3.95. The number of nitrogens with zero attached hydrogens (tertiary/aromatic N) is 1. The van der Waals surface area contributed by atoms with E-state index in [0.717, 1.165) is 6.42 Å². The molecule has 2 N–H and O–H groups in total. The lowest BCUT2D eigenvalue weighted by molar-refractivity contribution is 0.459. The van der Waals surface area contributed by atoms with Gasteiger partial charge < -0.3 is 10.2 Å². The molecule has 0 saturated carbocycles. The summed E-state index contributed by atoms with van der Waals surface area (Å²) >= 11 is 17.6. The van der Waals surface area contributed by atoms with Crippen LogP contribution < -0.4 is 0 Å². The van der Waals surface area contributed by atoms with Gasteiger partial charge in [0, 0.05) is 12.3 Å². The Hall–Kier alpha value is -0.640. The number of halogens is 3. The number of hydrogen-bond acceptors (Lipinski definition) is 3. The summed E-state index contributed by atoms with van der Waals surface area (Å²) in [5, 5.41) is 19.5. The molecule has 1 aliphatic heterocycles. The van der Waals surface area contributed by atoms with Crippen molar-refractivity contribution in [2.24, 2.45) is 10.9 Å². The lowest BCUT2D eigenvalue weighted by Crippen LogP contribution is -2.15. The molecule has 0 saturated heterocycles. The predicted octanol–water partition coefficient (Wildman–Crippen LogP) is 4.28. The highest BCUT2D eigenvalue weighted by molar-refractivity contribution is 6.47. The van der Waals surface area contributed by atoms with Crippen LogP contribution in [0.5, 0.6) is 11.5 Å².